The van der Waals surface area contributed by atoms with E-state index >= 15 is 0 Å². The molecule has 0 unspecified atom stereocenters. The molecule has 0 heterocycles. The highest BCUT2D eigenvalue weighted by molar-refractivity contribution is 6.10. The first-order valence-corrected chi connectivity index (χ1v) is 5.65. The highest BCUT2D eigenvalue weighted by Crippen LogP contribution is 2.23. The molecule has 0 radical (unpaired) electrons. The van der Waals surface area contributed by atoms with Gasteiger partial charge in [0.05, 0.1) is 19.1 Å². The molecule has 1 rings (SSSR count). The summed E-state index contributed by atoms with van der Waals surface area (Å²) in [7, 11) is 1.40. The molecule has 98 valence electrons. The first kappa shape index (κ1) is 14.4. The molecule has 0 fully saturated rings. The van der Waals surface area contributed by atoms with Crippen molar-refractivity contribution in [3.63, 3.8) is 0 Å². The predicted molar refractivity (Wildman–Crippen MR) is 66.4 cm³/mol. The molecule has 18 heavy (non-hydrogen) atoms. The van der Waals surface area contributed by atoms with E-state index in [9.17, 15) is 14.0 Å². The Balaban J connectivity index is 2.98. The lowest BCUT2D eigenvalue weighted by atomic mass is 9.87. The molecule has 0 spiro atoms. The van der Waals surface area contributed by atoms with Crippen molar-refractivity contribution in [1.82, 2.24) is 0 Å². The number of hydrogen-bond donors (Lipinski definition) is 0. The van der Waals surface area contributed by atoms with Gasteiger partial charge in [0.25, 0.3) is 0 Å². The second-order valence-corrected chi connectivity index (χ2v) is 5.12. The Labute approximate surface area is 106 Å². The lowest BCUT2D eigenvalue weighted by Crippen LogP contribution is -2.23. The first-order valence-electron chi connectivity index (χ1n) is 5.65. The van der Waals surface area contributed by atoms with Gasteiger partial charge in [-0.25, -0.2) is 4.39 Å². The summed E-state index contributed by atoms with van der Waals surface area (Å²) >= 11 is 0. The number of ether oxygens (including phenoxy) is 1. The number of rotatable bonds is 4. The maximum Gasteiger partial charge on any atom is 0.174 e. The van der Waals surface area contributed by atoms with Crippen LogP contribution in [0, 0.1) is 11.2 Å². The van der Waals surface area contributed by atoms with Crippen LogP contribution in [-0.2, 0) is 4.79 Å². The monoisotopic (exact) mass is 252 g/mol. The maximum atomic E-state index is 13.1. The van der Waals surface area contributed by atoms with Gasteiger partial charge in [0.1, 0.15) is 17.3 Å². The van der Waals surface area contributed by atoms with Gasteiger partial charge >= 0.3 is 0 Å². The molecule has 0 bridgehead atoms. The van der Waals surface area contributed by atoms with Gasteiger partial charge in [0, 0.05) is 5.41 Å². The van der Waals surface area contributed by atoms with Gasteiger partial charge in [-0.15, -0.1) is 0 Å². The topological polar surface area (TPSA) is 43.4 Å². The Bertz CT molecular complexity index is 472. The van der Waals surface area contributed by atoms with Gasteiger partial charge in [-0.05, 0) is 18.2 Å². The van der Waals surface area contributed by atoms with E-state index in [1.54, 1.807) is 20.8 Å². The number of carbonyl (C=O) groups is 2. The van der Waals surface area contributed by atoms with Gasteiger partial charge in [0.2, 0.25) is 0 Å². The van der Waals surface area contributed by atoms with Crippen LogP contribution in [0.25, 0.3) is 0 Å². The first-order chi connectivity index (χ1) is 8.25. The highest BCUT2D eigenvalue weighted by atomic mass is 19.1. The third-order valence-electron chi connectivity index (χ3n) is 2.62. The number of hydrogen-bond acceptors (Lipinski definition) is 3. The van der Waals surface area contributed by atoms with Gasteiger partial charge in [0.15, 0.2) is 5.78 Å². The summed E-state index contributed by atoms with van der Waals surface area (Å²) in [5.74, 6) is -0.851. The normalized spacial score (nSPS) is 11.2. The summed E-state index contributed by atoms with van der Waals surface area (Å²) in [6.45, 7) is 5.22. The number of Topliss-reactive ketones (excluding diaryl/α,β-unsaturated/α-hetero) is 2. The molecule has 0 aromatic heterocycles. The van der Waals surface area contributed by atoms with Crippen molar-refractivity contribution in [2.24, 2.45) is 5.41 Å². The summed E-state index contributed by atoms with van der Waals surface area (Å²) in [4.78, 5) is 23.7. The van der Waals surface area contributed by atoms with Crippen molar-refractivity contribution >= 4 is 11.6 Å². The summed E-state index contributed by atoms with van der Waals surface area (Å²) in [6.07, 6.45) is -0.247. The third kappa shape index (κ3) is 3.39. The second-order valence-electron chi connectivity index (χ2n) is 5.12. The van der Waals surface area contributed by atoms with Crippen molar-refractivity contribution in [3.8, 4) is 5.75 Å². The maximum absolute atomic E-state index is 13.1. The van der Waals surface area contributed by atoms with Crippen LogP contribution < -0.4 is 4.74 Å². The van der Waals surface area contributed by atoms with Gasteiger partial charge in [-0.2, -0.15) is 0 Å². The lowest BCUT2D eigenvalue weighted by Gasteiger charge is -2.16. The average molecular weight is 252 g/mol. The van der Waals surface area contributed by atoms with E-state index < -0.39 is 17.0 Å². The molecule has 3 nitrogen and oxygen atoms in total. The number of benzene rings is 1. The minimum atomic E-state index is -0.587. The molecule has 1 aromatic carbocycles. The SMILES string of the molecule is COc1ccc(F)cc1C(=O)CC(=O)C(C)(C)C. The minimum absolute atomic E-state index is 0.107. The Hall–Kier alpha value is -1.71. The van der Waals surface area contributed by atoms with Crippen LogP contribution >= 0.6 is 0 Å². The molecule has 0 aliphatic rings. The quantitative estimate of drug-likeness (QED) is 0.611. The van der Waals surface area contributed by atoms with Crippen molar-refractivity contribution in [2.75, 3.05) is 7.11 Å². The van der Waals surface area contributed by atoms with Crippen molar-refractivity contribution < 1.29 is 18.7 Å². The third-order valence-corrected chi connectivity index (χ3v) is 2.62. The van der Waals surface area contributed by atoms with Crippen LogP contribution in [0.4, 0.5) is 4.39 Å². The fraction of sp³-hybridized carbons (Fsp3) is 0.429. The average Bonchev–Trinajstić information content (AvgIpc) is 2.27. The fourth-order valence-corrected chi connectivity index (χ4v) is 1.40. The molecule has 4 heteroatoms. The molecule has 0 atom stereocenters. The number of methoxy groups -OCH3 is 1. The largest absolute Gasteiger partial charge is 0.496 e. The molecule has 0 amide bonds. The zero-order valence-electron chi connectivity index (χ0n) is 11.0. The Kier molecular flexibility index (Phi) is 4.22. The van der Waals surface area contributed by atoms with Crippen molar-refractivity contribution in [2.45, 2.75) is 27.2 Å². The summed E-state index contributed by atoms with van der Waals surface area (Å²) in [6, 6.07) is 3.68. The number of halogens is 1. The van der Waals surface area contributed by atoms with E-state index in [1.165, 1.54) is 19.2 Å². The van der Waals surface area contributed by atoms with Crippen molar-refractivity contribution in [1.29, 1.82) is 0 Å². The van der Waals surface area contributed by atoms with E-state index in [1.807, 2.05) is 0 Å². The van der Waals surface area contributed by atoms with Crippen LogP contribution in [0.3, 0.4) is 0 Å². The zero-order valence-corrected chi connectivity index (χ0v) is 11.0. The van der Waals surface area contributed by atoms with E-state index in [-0.39, 0.29) is 23.5 Å². The van der Waals surface area contributed by atoms with E-state index in [2.05, 4.69) is 0 Å². The lowest BCUT2D eigenvalue weighted by molar-refractivity contribution is -0.125. The standard InChI is InChI=1S/C14H17FO3/c1-14(2,3)13(17)8-11(16)10-7-9(15)5-6-12(10)18-4/h5-7H,8H2,1-4H3. The van der Waals surface area contributed by atoms with Crippen LogP contribution in [0.2, 0.25) is 0 Å². The van der Waals surface area contributed by atoms with Gasteiger partial charge in [-0.3, -0.25) is 9.59 Å². The van der Waals surface area contributed by atoms with Crippen molar-refractivity contribution in [3.05, 3.63) is 29.6 Å². The fourth-order valence-electron chi connectivity index (χ4n) is 1.40. The second kappa shape index (κ2) is 5.29. The summed E-state index contributed by atoms with van der Waals surface area (Å²) in [5.41, 5.74) is -0.481. The smallest absolute Gasteiger partial charge is 0.174 e. The van der Waals surface area contributed by atoms with Crippen LogP contribution in [0.1, 0.15) is 37.6 Å². The van der Waals surface area contributed by atoms with Crippen LogP contribution in [-0.4, -0.2) is 18.7 Å². The molecular formula is C14H17FO3. The van der Waals surface area contributed by atoms with Crippen LogP contribution in [0.5, 0.6) is 5.75 Å². The number of ketones is 2. The molecular weight excluding hydrogens is 235 g/mol. The molecule has 1 aromatic rings. The summed E-state index contributed by atoms with van der Waals surface area (Å²) < 4.78 is 18.1. The van der Waals surface area contributed by atoms with E-state index in [4.69, 9.17) is 4.74 Å². The van der Waals surface area contributed by atoms with E-state index in [0.717, 1.165) is 6.07 Å². The Morgan fingerprint density at radius 2 is 1.89 bits per heavy atom. The molecule has 0 aliphatic carbocycles. The molecule has 0 N–H and O–H groups in total. The predicted octanol–water partition coefficient (Wildman–Crippen LogP) is 3.02. The summed E-state index contributed by atoms with van der Waals surface area (Å²) in [5, 5.41) is 0. The Morgan fingerprint density at radius 3 is 2.39 bits per heavy atom. The molecule has 0 saturated heterocycles. The highest BCUT2D eigenvalue weighted by Gasteiger charge is 2.25. The van der Waals surface area contributed by atoms with Gasteiger partial charge < -0.3 is 4.74 Å². The zero-order chi connectivity index (χ0) is 13.9. The van der Waals surface area contributed by atoms with Crippen LogP contribution in [0.15, 0.2) is 18.2 Å². The number of carbonyl (C=O) groups excluding carboxylic acids is 2. The molecule has 0 aliphatic heterocycles. The minimum Gasteiger partial charge on any atom is -0.496 e. The van der Waals surface area contributed by atoms with Gasteiger partial charge in [-0.1, -0.05) is 20.8 Å². The van der Waals surface area contributed by atoms with E-state index in [0.29, 0.717) is 0 Å². The Morgan fingerprint density at radius 1 is 1.28 bits per heavy atom. The molecule has 0 saturated carbocycles.